The molecule has 1 rings (SSSR count). The van der Waals surface area contributed by atoms with E-state index in [0.29, 0.717) is 12.5 Å². The number of likely N-dealkylation sites (tertiary alicyclic amines) is 1. The van der Waals surface area contributed by atoms with E-state index >= 15 is 0 Å². The minimum atomic E-state index is -0.266. The van der Waals surface area contributed by atoms with Gasteiger partial charge in [0, 0.05) is 19.0 Å². The third-order valence-corrected chi connectivity index (χ3v) is 3.01. The summed E-state index contributed by atoms with van der Waals surface area (Å²) < 4.78 is 11.1. The molecular formula is C13H24ClNO3. The molecule has 0 saturated carbocycles. The average Bonchev–Trinajstić information content (AvgIpc) is 2.33. The van der Waals surface area contributed by atoms with Crippen molar-refractivity contribution in [2.75, 3.05) is 32.2 Å². The van der Waals surface area contributed by atoms with Crippen molar-refractivity contribution >= 4 is 17.5 Å². The van der Waals surface area contributed by atoms with Gasteiger partial charge in [0.15, 0.2) is 0 Å². The fourth-order valence-electron chi connectivity index (χ4n) is 1.85. The lowest BCUT2D eigenvalue weighted by Crippen LogP contribution is -2.43. The molecule has 1 fully saturated rings. The minimum Gasteiger partial charge on any atom is -0.377 e. The molecule has 0 unspecified atom stereocenters. The topological polar surface area (TPSA) is 38.8 Å². The Morgan fingerprint density at radius 2 is 1.94 bits per heavy atom. The number of ether oxygens (including phenoxy) is 2. The maximum absolute atomic E-state index is 11.9. The lowest BCUT2D eigenvalue weighted by Gasteiger charge is -2.32. The van der Waals surface area contributed by atoms with Crippen molar-refractivity contribution in [1.29, 1.82) is 0 Å². The van der Waals surface area contributed by atoms with Crippen molar-refractivity contribution in [2.24, 2.45) is 0 Å². The van der Waals surface area contributed by atoms with Crippen LogP contribution in [0.2, 0.25) is 0 Å². The van der Waals surface area contributed by atoms with Crippen LogP contribution in [0.15, 0.2) is 0 Å². The number of hydrogen-bond acceptors (Lipinski definition) is 3. The van der Waals surface area contributed by atoms with Crippen LogP contribution in [-0.4, -0.2) is 54.7 Å². The predicted molar refractivity (Wildman–Crippen MR) is 72.0 cm³/mol. The number of rotatable bonds is 5. The number of nitrogens with zero attached hydrogens (tertiary/aromatic N) is 1. The maximum atomic E-state index is 11.9. The molecule has 1 aliphatic heterocycles. The summed E-state index contributed by atoms with van der Waals surface area (Å²) in [6.45, 7) is 8.11. The molecule has 0 aliphatic carbocycles. The van der Waals surface area contributed by atoms with Gasteiger partial charge >= 0.3 is 0 Å². The predicted octanol–water partition coefficient (Wildman–Crippen LogP) is 2.05. The molecule has 1 amide bonds. The van der Waals surface area contributed by atoms with Crippen LogP contribution < -0.4 is 0 Å². The van der Waals surface area contributed by atoms with Crippen LogP contribution in [0.3, 0.4) is 0 Å². The smallest absolute Gasteiger partial charge is 0.248 e. The molecule has 18 heavy (non-hydrogen) atoms. The van der Waals surface area contributed by atoms with Gasteiger partial charge in [-0.15, -0.1) is 11.6 Å². The van der Waals surface area contributed by atoms with Gasteiger partial charge in [-0.05, 0) is 33.6 Å². The summed E-state index contributed by atoms with van der Waals surface area (Å²) in [5, 5.41) is 0. The van der Waals surface area contributed by atoms with Crippen LogP contribution in [0, 0.1) is 0 Å². The van der Waals surface area contributed by atoms with Gasteiger partial charge in [-0.3, -0.25) is 4.79 Å². The molecule has 0 atom stereocenters. The quantitative estimate of drug-likeness (QED) is 0.722. The zero-order valence-electron chi connectivity index (χ0n) is 11.6. The maximum Gasteiger partial charge on any atom is 0.248 e. The second-order valence-corrected chi connectivity index (χ2v) is 5.92. The summed E-state index contributed by atoms with van der Waals surface area (Å²) in [6.07, 6.45) is 2.02. The first-order valence-corrected chi connectivity index (χ1v) is 7.05. The fourth-order valence-corrected chi connectivity index (χ4v) is 1.94. The molecule has 1 saturated heterocycles. The number of carbonyl (C=O) groups is 1. The van der Waals surface area contributed by atoms with Crippen LogP contribution in [0.1, 0.15) is 33.6 Å². The Bertz CT molecular complexity index is 257. The molecule has 0 radical (unpaired) electrons. The van der Waals surface area contributed by atoms with E-state index in [1.807, 2.05) is 25.7 Å². The lowest BCUT2D eigenvalue weighted by molar-refractivity contribution is -0.143. The number of halogens is 1. The van der Waals surface area contributed by atoms with Crippen LogP contribution in [0.25, 0.3) is 0 Å². The van der Waals surface area contributed by atoms with Crippen molar-refractivity contribution in [3.63, 3.8) is 0 Å². The Morgan fingerprint density at radius 3 is 2.44 bits per heavy atom. The van der Waals surface area contributed by atoms with Gasteiger partial charge in [-0.25, -0.2) is 0 Å². The monoisotopic (exact) mass is 277 g/mol. The Kier molecular flexibility index (Phi) is 6.39. The third-order valence-electron chi connectivity index (χ3n) is 2.85. The molecule has 0 bridgehead atoms. The van der Waals surface area contributed by atoms with Gasteiger partial charge in [0.25, 0.3) is 0 Å². The molecule has 0 aromatic rings. The molecule has 0 aromatic carbocycles. The third kappa shape index (κ3) is 6.03. The zero-order chi connectivity index (χ0) is 13.6. The second-order valence-electron chi connectivity index (χ2n) is 5.54. The summed E-state index contributed by atoms with van der Waals surface area (Å²) in [6, 6.07) is 0. The Hall–Kier alpha value is -0.320. The molecule has 4 nitrogen and oxygen atoms in total. The SMILES string of the molecule is CC(C)(C)OCC(=O)N1CCC(OCCCl)CC1. The van der Waals surface area contributed by atoms with Gasteiger partial charge in [-0.2, -0.15) is 0 Å². The summed E-state index contributed by atoms with van der Waals surface area (Å²) in [5.41, 5.74) is -0.266. The second kappa shape index (κ2) is 7.31. The number of piperidine rings is 1. The first-order valence-electron chi connectivity index (χ1n) is 6.51. The van der Waals surface area contributed by atoms with Gasteiger partial charge in [0.05, 0.1) is 18.3 Å². The Morgan fingerprint density at radius 1 is 1.33 bits per heavy atom. The standard InChI is InChI=1S/C13H24ClNO3/c1-13(2,3)18-10-12(16)15-7-4-11(5-8-15)17-9-6-14/h11H,4-10H2,1-3H3. The Labute approximate surface area is 115 Å². The van der Waals surface area contributed by atoms with E-state index < -0.39 is 0 Å². The van der Waals surface area contributed by atoms with E-state index in [9.17, 15) is 4.79 Å². The lowest BCUT2D eigenvalue weighted by atomic mass is 10.1. The first-order chi connectivity index (χ1) is 8.42. The number of hydrogen-bond donors (Lipinski definition) is 0. The van der Waals surface area contributed by atoms with Gasteiger partial charge in [-0.1, -0.05) is 0 Å². The summed E-state index contributed by atoms with van der Waals surface area (Å²) in [7, 11) is 0. The number of carbonyl (C=O) groups excluding carboxylic acids is 1. The van der Waals surface area contributed by atoms with E-state index in [2.05, 4.69) is 0 Å². The molecule has 0 spiro atoms. The van der Waals surface area contributed by atoms with Crippen LogP contribution >= 0.6 is 11.6 Å². The molecule has 5 heteroatoms. The van der Waals surface area contributed by atoms with Gasteiger partial charge in [0.1, 0.15) is 6.61 Å². The highest BCUT2D eigenvalue weighted by Gasteiger charge is 2.24. The Balaban J connectivity index is 2.23. The summed E-state index contributed by atoms with van der Waals surface area (Å²) in [4.78, 5) is 13.8. The van der Waals surface area contributed by atoms with Crippen LogP contribution in [0.5, 0.6) is 0 Å². The molecule has 106 valence electrons. The first kappa shape index (κ1) is 15.7. The van der Waals surface area contributed by atoms with Crippen LogP contribution in [-0.2, 0) is 14.3 Å². The minimum absolute atomic E-state index is 0.0701. The zero-order valence-corrected chi connectivity index (χ0v) is 12.3. The molecule has 1 aliphatic rings. The van der Waals surface area contributed by atoms with Crippen molar-refractivity contribution < 1.29 is 14.3 Å². The summed E-state index contributed by atoms with van der Waals surface area (Å²) >= 11 is 5.58. The van der Waals surface area contributed by atoms with E-state index in [0.717, 1.165) is 25.9 Å². The normalized spacial score (nSPS) is 18.1. The van der Waals surface area contributed by atoms with Crippen LogP contribution in [0.4, 0.5) is 0 Å². The summed E-state index contributed by atoms with van der Waals surface area (Å²) in [5.74, 6) is 0.596. The molecule has 0 N–H and O–H groups in total. The molecule has 1 heterocycles. The van der Waals surface area contributed by atoms with Gasteiger partial charge in [0.2, 0.25) is 5.91 Å². The fraction of sp³-hybridized carbons (Fsp3) is 0.923. The van der Waals surface area contributed by atoms with Crippen molar-refractivity contribution in [3.8, 4) is 0 Å². The molecular weight excluding hydrogens is 254 g/mol. The molecule has 0 aromatic heterocycles. The van der Waals surface area contributed by atoms with Crippen molar-refractivity contribution in [3.05, 3.63) is 0 Å². The highest BCUT2D eigenvalue weighted by Crippen LogP contribution is 2.15. The van der Waals surface area contributed by atoms with Crippen molar-refractivity contribution in [2.45, 2.75) is 45.3 Å². The highest BCUT2D eigenvalue weighted by atomic mass is 35.5. The van der Waals surface area contributed by atoms with E-state index in [-0.39, 0.29) is 24.2 Å². The van der Waals surface area contributed by atoms with Crippen molar-refractivity contribution in [1.82, 2.24) is 4.90 Å². The number of alkyl halides is 1. The van der Waals surface area contributed by atoms with E-state index in [1.54, 1.807) is 0 Å². The van der Waals surface area contributed by atoms with E-state index in [4.69, 9.17) is 21.1 Å². The van der Waals surface area contributed by atoms with Gasteiger partial charge < -0.3 is 14.4 Å². The largest absolute Gasteiger partial charge is 0.377 e. The van der Waals surface area contributed by atoms with E-state index in [1.165, 1.54) is 0 Å². The highest BCUT2D eigenvalue weighted by molar-refractivity contribution is 6.17. The number of amides is 1. The average molecular weight is 278 g/mol.